The van der Waals surface area contributed by atoms with Crippen LogP contribution in [0.25, 0.3) is 0 Å². The van der Waals surface area contributed by atoms with Crippen LogP contribution in [-0.4, -0.2) is 12.5 Å². The van der Waals surface area contributed by atoms with Crippen LogP contribution in [0.1, 0.15) is 18.4 Å². The van der Waals surface area contributed by atoms with Gasteiger partial charge in [-0.3, -0.25) is 0 Å². The molecule has 0 radical (unpaired) electrons. The molecule has 0 bridgehead atoms. The largest absolute Gasteiger partial charge is 0.330 e. The SMILES string of the molecule is NCC1(c2cc(Cl)ccc2F)CC(F)(F)C1. The minimum absolute atomic E-state index is 0.000147. The van der Waals surface area contributed by atoms with Gasteiger partial charge in [-0.15, -0.1) is 0 Å². The molecule has 1 saturated carbocycles. The fourth-order valence-corrected chi connectivity index (χ4v) is 2.46. The van der Waals surface area contributed by atoms with Gasteiger partial charge in [0, 0.05) is 29.8 Å². The maximum absolute atomic E-state index is 13.6. The van der Waals surface area contributed by atoms with Gasteiger partial charge < -0.3 is 5.73 Å². The zero-order valence-corrected chi connectivity index (χ0v) is 9.20. The van der Waals surface area contributed by atoms with E-state index in [4.69, 9.17) is 17.3 Å². The van der Waals surface area contributed by atoms with E-state index in [0.29, 0.717) is 5.02 Å². The molecule has 16 heavy (non-hydrogen) atoms. The molecule has 1 fully saturated rings. The van der Waals surface area contributed by atoms with Gasteiger partial charge in [0.25, 0.3) is 0 Å². The van der Waals surface area contributed by atoms with Crippen LogP contribution < -0.4 is 5.73 Å². The third-order valence-electron chi connectivity index (χ3n) is 3.08. The van der Waals surface area contributed by atoms with Crippen molar-refractivity contribution in [3.05, 3.63) is 34.6 Å². The quantitative estimate of drug-likeness (QED) is 0.856. The summed E-state index contributed by atoms with van der Waals surface area (Å²) < 4.78 is 39.4. The first kappa shape index (κ1) is 11.7. The van der Waals surface area contributed by atoms with Crippen molar-refractivity contribution in [2.45, 2.75) is 24.2 Å². The van der Waals surface area contributed by atoms with E-state index in [9.17, 15) is 13.2 Å². The molecule has 2 rings (SSSR count). The summed E-state index contributed by atoms with van der Waals surface area (Å²) >= 11 is 5.74. The summed E-state index contributed by atoms with van der Waals surface area (Å²) in [5.74, 6) is -3.26. The molecule has 1 aromatic carbocycles. The van der Waals surface area contributed by atoms with Crippen LogP contribution in [0.5, 0.6) is 0 Å². The highest BCUT2D eigenvalue weighted by molar-refractivity contribution is 6.30. The Bertz CT molecular complexity index is 412. The molecule has 5 heteroatoms. The van der Waals surface area contributed by atoms with Gasteiger partial charge in [0.2, 0.25) is 5.92 Å². The summed E-state index contributed by atoms with van der Waals surface area (Å²) in [4.78, 5) is 0. The normalized spacial score (nSPS) is 21.6. The topological polar surface area (TPSA) is 26.0 Å². The van der Waals surface area contributed by atoms with Gasteiger partial charge in [0.1, 0.15) is 5.82 Å². The van der Waals surface area contributed by atoms with Crippen molar-refractivity contribution in [3.8, 4) is 0 Å². The second-order valence-corrected chi connectivity index (χ2v) is 4.75. The molecule has 0 saturated heterocycles. The lowest BCUT2D eigenvalue weighted by Gasteiger charge is -2.47. The summed E-state index contributed by atoms with van der Waals surface area (Å²) in [6, 6.07) is 3.96. The molecule has 0 aromatic heterocycles. The Morgan fingerprint density at radius 2 is 1.94 bits per heavy atom. The summed E-state index contributed by atoms with van der Waals surface area (Å²) in [7, 11) is 0. The molecule has 0 heterocycles. The van der Waals surface area contributed by atoms with Gasteiger partial charge in [-0.2, -0.15) is 0 Å². The van der Waals surface area contributed by atoms with Crippen LogP contribution in [0.4, 0.5) is 13.2 Å². The molecule has 1 aromatic rings. The van der Waals surface area contributed by atoms with E-state index < -0.39 is 30.0 Å². The Labute approximate surface area is 96.4 Å². The smallest absolute Gasteiger partial charge is 0.250 e. The molecular formula is C11H11ClF3N. The maximum atomic E-state index is 13.6. The van der Waals surface area contributed by atoms with E-state index in [0.717, 1.165) is 0 Å². The second kappa shape index (κ2) is 3.64. The van der Waals surface area contributed by atoms with Crippen molar-refractivity contribution in [2.75, 3.05) is 6.54 Å². The summed E-state index contributed by atoms with van der Waals surface area (Å²) in [6.45, 7) is -0.000147. The predicted molar refractivity (Wildman–Crippen MR) is 56.3 cm³/mol. The average molecular weight is 250 g/mol. The number of halogens is 4. The van der Waals surface area contributed by atoms with Crippen LogP contribution in [0, 0.1) is 5.82 Å². The van der Waals surface area contributed by atoms with Gasteiger partial charge >= 0.3 is 0 Å². The number of nitrogens with two attached hydrogens (primary N) is 1. The standard InChI is InChI=1S/C11H11ClF3N/c12-7-1-2-9(13)8(3-7)10(6-16)4-11(14,15)5-10/h1-3H,4-6,16H2. The molecule has 0 aliphatic heterocycles. The molecule has 1 aliphatic rings. The molecule has 0 spiro atoms. The third kappa shape index (κ3) is 1.80. The van der Waals surface area contributed by atoms with E-state index in [1.165, 1.54) is 18.2 Å². The summed E-state index contributed by atoms with van der Waals surface area (Å²) in [5, 5.41) is 0.333. The van der Waals surface area contributed by atoms with Crippen LogP contribution in [0.2, 0.25) is 5.02 Å². The molecule has 2 N–H and O–H groups in total. The number of hydrogen-bond donors (Lipinski definition) is 1. The molecule has 1 nitrogen and oxygen atoms in total. The first-order valence-electron chi connectivity index (χ1n) is 4.92. The van der Waals surface area contributed by atoms with Crippen molar-refractivity contribution < 1.29 is 13.2 Å². The highest BCUT2D eigenvalue weighted by atomic mass is 35.5. The highest BCUT2D eigenvalue weighted by Crippen LogP contribution is 2.53. The van der Waals surface area contributed by atoms with Crippen LogP contribution in [0.3, 0.4) is 0 Å². The zero-order valence-electron chi connectivity index (χ0n) is 8.44. The van der Waals surface area contributed by atoms with Gasteiger partial charge in [-0.25, -0.2) is 13.2 Å². The van der Waals surface area contributed by atoms with Gasteiger partial charge in [0.05, 0.1) is 0 Å². The van der Waals surface area contributed by atoms with Gasteiger partial charge in [0.15, 0.2) is 0 Å². The first-order chi connectivity index (χ1) is 7.38. The molecule has 0 amide bonds. The Kier molecular flexibility index (Phi) is 2.67. The lowest BCUT2D eigenvalue weighted by atomic mass is 9.62. The number of benzene rings is 1. The lowest BCUT2D eigenvalue weighted by molar-refractivity contribution is -0.124. The van der Waals surface area contributed by atoms with Crippen molar-refractivity contribution in [1.82, 2.24) is 0 Å². The number of rotatable bonds is 2. The van der Waals surface area contributed by atoms with E-state index in [-0.39, 0.29) is 12.1 Å². The van der Waals surface area contributed by atoms with Crippen molar-refractivity contribution >= 4 is 11.6 Å². The monoisotopic (exact) mass is 249 g/mol. The van der Waals surface area contributed by atoms with E-state index in [1.54, 1.807) is 0 Å². The van der Waals surface area contributed by atoms with E-state index in [1.807, 2.05) is 0 Å². The predicted octanol–water partition coefficient (Wildman–Crippen LogP) is 3.10. The Balaban J connectivity index is 2.39. The van der Waals surface area contributed by atoms with Crippen LogP contribution in [0.15, 0.2) is 18.2 Å². The minimum Gasteiger partial charge on any atom is -0.330 e. The highest BCUT2D eigenvalue weighted by Gasteiger charge is 2.57. The third-order valence-corrected chi connectivity index (χ3v) is 3.32. The Hall–Kier alpha value is -0.740. The van der Waals surface area contributed by atoms with Gasteiger partial charge in [-0.05, 0) is 23.8 Å². The Morgan fingerprint density at radius 1 is 1.31 bits per heavy atom. The maximum Gasteiger partial charge on any atom is 0.250 e. The molecular weight excluding hydrogens is 239 g/mol. The number of hydrogen-bond acceptors (Lipinski definition) is 1. The summed E-state index contributed by atoms with van der Waals surface area (Å²) in [5.41, 5.74) is 4.74. The van der Waals surface area contributed by atoms with E-state index >= 15 is 0 Å². The summed E-state index contributed by atoms with van der Waals surface area (Å²) in [6.07, 6.45) is -0.818. The van der Waals surface area contributed by atoms with Crippen molar-refractivity contribution in [1.29, 1.82) is 0 Å². The lowest BCUT2D eigenvalue weighted by Crippen LogP contribution is -2.54. The van der Waals surface area contributed by atoms with Crippen molar-refractivity contribution in [3.63, 3.8) is 0 Å². The molecule has 88 valence electrons. The fourth-order valence-electron chi connectivity index (χ4n) is 2.29. The molecule has 0 unspecified atom stereocenters. The first-order valence-corrected chi connectivity index (χ1v) is 5.30. The number of alkyl halides is 2. The van der Waals surface area contributed by atoms with E-state index in [2.05, 4.69) is 0 Å². The minimum atomic E-state index is -2.74. The average Bonchev–Trinajstić information content (AvgIpc) is 2.17. The Morgan fingerprint density at radius 3 is 2.44 bits per heavy atom. The zero-order chi connectivity index (χ0) is 12.0. The van der Waals surface area contributed by atoms with Gasteiger partial charge in [-0.1, -0.05) is 11.6 Å². The molecule has 0 atom stereocenters. The van der Waals surface area contributed by atoms with Crippen LogP contribution >= 0.6 is 11.6 Å². The fraction of sp³-hybridized carbons (Fsp3) is 0.455. The molecule has 1 aliphatic carbocycles. The van der Waals surface area contributed by atoms with Crippen molar-refractivity contribution in [2.24, 2.45) is 5.73 Å². The van der Waals surface area contributed by atoms with Crippen LogP contribution in [-0.2, 0) is 5.41 Å². The second-order valence-electron chi connectivity index (χ2n) is 4.32.